The number of aromatic nitrogens is 1. The zero-order valence-electron chi connectivity index (χ0n) is 15.3. The van der Waals surface area contributed by atoms with Crippen LogP contribution in [0, 0.1) is 10.1 Å². The van der Waals surface area contributed by atoms with Gasteiger partial charge in [-0.3, -0.25) is 34.9 Å². The number of hydrogen-bond donors (Lipinski definition) is 2. The van der Waals surface area contributed by atoms with Crippen molar-refractivity contribution in [2.24, 2.45) is 0 Å². The molecular formula is C18H17N5O6. The Morgan fingerprint density at radius 3 is 2.83 bits per heavy atom. The minimum absolute atomic E-state index is 0.0449. The molecule has 1 fully saturated rings. The zero-order valence-corrected chi connectivity index (χ0v) is 15.3. The number of ether oxygens (including phenoxy) is 1. The van der Waals surface area contributed by atoms with Gasteiger partial charge in [0.05, 0.1) is 35.3 Å². The molecule has 2 heterocycles. The van der Waals surface area contributed by atoms with Crippen LogP contribution < -0.4 is 20.5 Å². The number of hydrazine groups is 1. The fraction of sp³-hybridized carbons (Fsp3) is 0.222. The SMILES string of the molecule is CCOc1cc([N+](=O)[O-])ccc1N1C(=O)CC(NNC(=O)c2cccnc2)C1=O. The highest BCUT2D eigenvalue weighted by Crippen LogP contribution is 2.35. The summed E-state index contributed by atoms with van der Waals surface area (Å²) >= 11 is 0. The van der Waals surface area contributed by atoms with Crippen molar-refractivity contribution in [3.8, 4) is 5.75 Å². The summed E-state index contributed by atoms with van der Waals surface area (Å²) in [5, 5.41) is 11.0. The molecule has 11 nitrogen and oxygen atoms in total. The Kier molecular flexibility index (Phi) is 5.79. The summed E-state index contributed by atoms with van der Waals surface area (Å²) in [4.78, 5) is 52.4. The third kappa shape index (κ3) is 4.19. The van der Waals surface area contributed by atoms with Crippen molar-refractivity contribution in [1.29, 1.82) is 0 Å². The fourth-order valence-corrected chi connectivity index (χ4v) is 2.79. The largest absolute Gasteiger partial charge is 0.491 e. The summed E-state index contributed by atoms with van der Waals surface area (Å²) in [5.74, 6) is -1.61. The number of rotatable bonds is 7. The normalized spacial score (nSPS) is 16.0. The van der Waals surface area contributed by atoms with Crippen molar-refractivity contribution in [1.82, 2.24) is 15.8 Å². The number of nitrogens with one attached hydrogen (secondary N) is 2. The smallest absolute Gasteiger partial charge is 0.273 e. The van der Waals surface area contributed by atoms with E-state index in [1.807, 2.05) is 0 Å². The van der Waals surface area contributed by atoms with Gasteiger partial charge in [-0.1, -0.05) is 0 Å². The first-order valence-corrected chi connectivity index (χ1v) is 8.66. The van der Waals surface area contributed by atoms with E-state index < -0.39 is 28.7 Å². The molecule has 0 radical (unpaired) electrons. The molecule has 0 bridgehead atoms. The van der Waals surface area contributed by atoms with E-state index in [0.29, 0.717) is 0 Å². The molecule has 0 aliphatic carbocycles. The lowest BCUT2D eigenvalue weighted by Gasteiger charge is -2.19. The number of nitro groups is 1. The van der Waals surface area contributed by atoms with Gasteiger partial charge >= 0.3 is 0 Å². The molecule has 1 saturated heterocycles. The van der Waals surface area contributed by atoms with Gasteiger partial charge in [0.25, 0.3) is 17.5 Å². The molecule has 1 atom stereocenters. The molecule has 11 heteroatoms. The van der Waals surface area contributed by atoms with Gasteiger partial charge in [-0.25, -0.2) is 10.3 Å². The number of non-ortho nitro benzene ring substituents is 1. The van der Waals surface area contributed by atoms with Crippen LogP contribution in [0.5, 0.6) is 5.75 Å². The topological polar surface area (TPSA) is 144 Å². The van der Waals surface area contributed by atoms with Crippen LogP contribution in [0.25, 0.3) is 0 Å². The summed E-state index contributed by atoms with van der Waals surface area (Å²) in [6, 6.07) is 5.77. The Morgan fingerprint density at radius 1 is 1.38 bits per heavy atom. The molecule has 0 spiro atoms. The third-order valence-corrected chi connectivity index (χ3v) is 4.13. The Labute approximate surface area is 164 Å². The van der Waals surface area contributed by atoms with E-state index in [0.717, 1.165) is 11.0 Å². The number of carbonyl (C=O) groups is 3. The number of amides is 3. The summed E-state index contributed by atoms with van der Waals surface area (Å²) in [7, 11) is 0. The van der Waals surface area contributed by atoms with Gasteiger partial charge in [-0.2, -0.15) is 0 Å². The van der Waals surface area contributed by atoms with Gasteiger partial charge in [0.1, 0.15) is 11.8 Å². The van der Waals surface area contributed by atoms with Gasteiger partial charge in [0, 0.05) is 18.5 Å². The first kappa shape index (κ1) is 19.9. The summed E-state index contributed by atoms with van der Waals surface area (Å²) in [5.41, 5.74) is 5.09. The maximum Gasteiger partial charge on any atom is 0.273 e. The van der Waals surface area contributed by atoms with E-state index >= 15 is 0 Å². The highest BCUT2D eigenvalue weighted by molar-refractivity contribution is 6.23. The van der Waals surface area contributed by atoms with Crippen molar-refractivity contribution in [2.45, 2.75) is 19.4 Å². The summed E-state index contributed by atoms with van der Waals surface area (Å²) < 4.78 is 5.38. The van der Waals surface area contributed by atoms with E-state index in [4.69, 9.17) is 4.74 Å². The Balaban J connectivity index is 1.77. The molecule has 3 amide bonds. The summed E-state index contributed by atoms with van der Waals surface area (Å²) in [6.07, 6.45) is 2.67. The minimum Gasteiger partial charge on any atom is -0.491 e. The molecule has 1 aromatic heterocycles. The van der Waals surface area contributed by atoms with Crippen LogP contribution in [0.3, 0.4) is 0 Å². The average molecular weight is 399 g/mol. The molecule has 1 aliphatic rings. The maximum atomic E-state index is 12.7. The molecule has 150 valence electrons. The van der Waals surface area contributed by atoms with Crippen LogP contribution in [0.2, 0.25) is 0 Å². The van der Waals surface area contributed by atoms with Crippen molar-refractivity contribution >= 4 is 29.1 Å². The number of pyridine rings is 1. The fourth-order valence-electron chi connectivity index (χ4n) is 2.79. The third-order valence-electron chi connectivity index (χ3n) is 4.13. The van der Waals surface area contributed by atoms with E-state index in [1.54, 1.807) is 19.1 Å². The predicted molar refractivity (Wildman–Crippen MR) is 100 cm³/mol. The first-order valence-electron chi connectivity index (χ1n) is 8.66. The van der Waals surface area contributed by atoms with Gasteiger partial charge < -0.3 is 4.74 Å². The number of imide groups is 1. The van der Waals surface area contributed by atoms with Crippen molar-refractivity contribution in [2.75, 3.05) is 11.5 Å². The Morgan fingerprint density at radius 2 is 2.17 bits per heavy atom. The highest BCUT2D eigenvalue weighted by Gasteiger charge is 2.41. The van der Waals surface area contributed by atoms with Crippen LogP contribution in [0.1, 0.15) is 23.7 Å². The Bertz CT molecular complexity index is 964. The second-order valence-electron chi connectivity index (χ2n) is 6.01. The molecule has 1 unspecified atom stereocenters. The van der Waals surface area contributed by atoms with Crippen molar-refractivity contribution in [3.63, 3.8) is 0 Å². The second-order valence-corrected chi connectivity index (χ2v) is 6.01. The van der Waals surface area contributed by atoms with Crippen LogP contribution in [-0.4, -0.2) is 40.3 Å². The number of hydrogen-bond acceptors (Lipinski definition) is 8. The van der Waals surface area contributed by atoms with Crippen LogP contribution in [0.15, 0.2) is 42.7 Å². The lowest BCUT2D eigenvalue weighted by Crippen LogP contribution is -2.48. The van der Waals surface area contributed by atoms with Gasteiger partial charge in [0.2, 0.25) is 5.91 Å². The minimum atomic E-state index is -0.993. The van der Waals surface area contributed by atoms with Crippen LogP contribution >= 0.6 is 0 Å². The number of benzene rings is 1. The zero-order chi connectivity index (χ0) is 21.0. The average Bonchev–Trinajstić information content (AvgIpc) is 3.00. The molecule has 2 N–H and O–H groups in total. The molecule has 29 heavy (non-hydrogen) atoms. The van der Waals surface area contributed by atoms with Gasteiger partial charge in [0.15, 0.2) is 0 Å². The highest BCUT2D eigenvalue weighted by atomic mass is 16.6. The van der Waals surface area contributed by atoms with Crippen LogP contribution in [0.4, 0.5) is 11.4 Å². The van der Waals surface area contributed by atoms with Gasteiger partial charge in [-0.05, 0) is 25.1 Å². The molecule has 2 aromatic rings. The standard InChI is InChI=1S/C18H17N5O6/c1-2-29-15-8-12(23(27)28)5-6-14(15)22-16(24)9-13(18(22)26)20-21-17(25)11-4-3-7-19-10-11/h3-8,10,13,20H,2,9H2,1H3,(H,21,25). The first-order chi connectivity index (χ1) is 13.9. The van der Waals surface area contributed by atoms with E-state index in [2.05, 4.69) is 15.8 Å². The molecule has 0 saturated carbocycles. The lowest BCUT2D eigenvalue weighted by atomic mass is 10.2. The van der Waals surface area contributed by atoms with E-state index in [-0.39, 0.29) is 35.7 Å². The molecule has 1 aliphatic heterocycles. The van der Waals surface area contributed by atoms with E-state index in [1.165, 1.54) is 24.5 Å². The summed E-state index contributed by atoms with van der Waals surface area (Å²) in [6.45, 7) is 1.86. The molecular weight excluding hydrogens is 382 g/mol. The van der Waals surface area contributed by atoms with E-state index in [9.17, 15) is 24.5 Å². The Hall–Kier alpha value is -3.86. The van der Waals surface area contributed by atoms with Crippen molar-refractivity contribution in [3.05, 3.63) is 58.4 Å². The van der Waals surface area contributed by atoms with Crippen LogP contribution in [-0.2, 0) is 9.59 Å². The number of nitrogens with zero attached hydrogens (tertiary/aromatic N) is 3. The maximum absolute atomic E-state index is 12.7. The van der Waals surface area contributed by atoms with Gasteiger partial charge in [-0.15, -0.1) is 0 Å². The number of nitro benzene ring substituents is 1. The van der Waals surface area contributed by atoms with Crippen molar-refractivity contribution < 1.29 is 24.0 Å². The predicted octanol–water partition coefficient (Wildman–Crippen LogP) is 0.955. The monoisotopic (exact) mass is 399 g/mol. The molecule has 3 rings (SSSR count). The number of anilines is 1. The molecule has 1 aromatic carbocycles. The second kappa shape index (κ2) is 8.44. The number of carbonyl (C=O) groups excluding carboxylic acids is 3. The quantitative estimate of drug-likeness (QED) is 0.398. The lowest BCUT2D eigenvalue weighted by molar-refractivity contribution is -0.384.